The van der Waals surface area contributed by atoms with E-state index in [0.717, 1.165) is 11.6 Å². The van der Waals surface area contributed by atoms with Gasteiger partial charge in [-0.2, -0.15) is 5.10 Å². The predicted octanol–water partition coefficient (Wildman–Crippen LogP) is 1.12. The Morgan fingerprint density at radius 3 is 2.78 bits per heavy atom. The second kappa shape index (κ2) is 9.02. The highest BCUT2D eigenvalue weighted by Crippen LogP contribution is 2.22. The molecule has 27 heavy (non-hydrogen) atoms. The van der Waals surface area contributed by atoms with Crippen LogP contribution in [0.4, 0.5) is 4.39 Å². The van der Waals surface area contributed by atoms with Gasteiger partial charge in [0.2, 0.25) is 0 Å². The molecule has 2 aromatic carbocycles. The Bertz CT molecular complexity index is 828. The highest BCUT2D eigenvalue weighted by atomic mass is 19.1. The lowest BCUT2D eigenvalue weighted by atomic mass is 9.96. The number of rotatable bonds is 6. The fourth-order valence-electron chi connectivity index (χ4n) is 2.78. The quantitative estimate of drug-likeness (QED) is 0.453. The molecule has 0 aromatic heterocycles. The number of carbonyl (C=O) groups excluding carboxylic acids is 2. The van der Waals surface area contributed by atoms with Gasteiger partial charge in [0, 0.05) is 24.2 Å². The summed E-state index contributed by atoms with van der Waals surface area (Å²) < 4.78 is 13.1. The molecule has 0 bridgehead atoms. The summed E-state index contributed by atoms with van der Waals surface area (Å²) in [6.07, 6.45) is 1.66. The van der Waals surface area contributed by atoms with Crippen molar-refractivity contribution in [2.45, 2.75) is 6.04 Å². The first-order chi connectivity index (χ1) is 13.1. The molecule has 1 heterocycles. The summed E-state index contributed by atoms with van der Waals surface area (Å²) in [7, 11) is 0. The fourth-order valence-corrected chi connectivity index (χ4v) is 2.78. The number of hydrogen-bond donors (Lipinski definition) is 4. The maximum atomic E-state index is 13.1. The van der Waals surface area contributed by atoms with Crippen LogP contribution in [0, 0.1) is 11.7 Å². The summed E-state index contributed by atoms with van der Waals surface area (Å²) in [5.74, 6) is -1.44. The van der Waals surface area contributed by atoms with Crippen LogP contribution in [0.1, 0.15) is 22.0 Å². The molecule has 0 spiro atoms. The Kier molecular flexibility index (Phi) is 6.24. The Hall–Kier alpha value is -3.10. The molecule has 1 saturated heterocycles. The second-order valence-electron chi connectivity index (χ2n) is 6.08. The van der Waals surface area contributed by atoms with Crippen LogP contribution in [0.3, 0.4) is 0 Å². The van der Waals surface area contributed by atoms with Gasteiger partial charge in [0.25, 0.3) is 11.8 Å². The lowest BCUT2D eigenvalue weighted by Gasteiger charge is -2.14. The third-order valence-electron chi connectivity index (χ3n) is 4.13. The molecular formula is C19H20FN5O2. The number of halogens is 1. The minimum atomic E-state index is -0.526. The van der Waals surface area contributed by atoms with E-state index in [0.29, 0.717) is 6.54 Å². The van der Waals surface area contributed by atoms with Gasteiger partial charge in [0.15, 0.2) is 0 Å². The molecule has 2 unspecified atom stereocenters. The van der Waals surface area contributed by atoms with E-state index >= 15 is 0 Å². The van der Waals surface area contributed by atoms with Crippen LogP contribution >= 0.6 is 0 Å². The van der Waals surface area contributed by atoms with Crippen LogP contribution < -0.4 is 21.6 Å². The van der Waals surface area contributed by atoms with Crippen LogP contribution in [0.25, 0.3) is 0 Å². The highest BCUT2D eigenvalue weighted by molar-refractivity contribution is 5.96. The molecule has 0 saturated carbocycles. The SMILES string of the molecule is O=C(CNC(=O)c1cccc(F)c1)N/N=C/C1CNNC1c1ccccc1. The number of nitrogens with one attached hydrogen (secondary N) is 4. The van der Waals surface area contributed by atoms with Crippen LogP contribution in [-0.4, -0.2) is 31.1 Å². The first kappa shape index (κ1) is 18.7. The molecule has 0 aliphatic carbocycles. The van der Waals surface area contributed by atoms with Crippen molar-refractivity contribution in [2.75, 3.05) is 13.1 Å². The third kappa shape index (κ3) is 5.19. The summed E-state index contributed by atoms with van der Waals surface area (Å²) in [6.45, 7) is 0.422. The summed E-state index contributed by atoms with van der Waals surface area (Å²) in [4.78, 5) is 23.7. The smallest absolute Gasteiger partial charge is 0.259 e. The molecule has 2 atom stereocenters. The standard InChI is InChI=1S/C19H20FN5O2/c20-16-8-4-7-14(9-16)19(27)21-12-17(26)24-22-10-15-11-23-25-18(15)13-5-2-1-3-6-13/h1-10,15,18,23,25H,11-12H2,(H,21,27)(H,24,26)/b22-10+. The number of carbonyl (C=O) groups is 2. The van der Waals surface area contributed by atoms with Crippen molar-refractivity contribution < 1.29 is 14.0 Å². The Labute approximate surface area is 156 Å². The van der Waals surface area contributed by atoms with E-state index in [9.17, 15) is 14.0 Å². The topological polar surface area (TPSA) is 94.6 Å². The minimum absolute atomic E-state index is 0.0551. The number of hydrogen-bond acceptors (Lipinski definition) is 5. The highest BCUT2D eigenvalue weighted by Gasteiger charge is 2.26. The molecule has 4 N–H and O–H groups in total. The predicted molar refractivity (Wildman–Crippen MR) is 99.2 cm³/mol. The normalized spacial score (nSPS) is 19.1. The van der Waals surface area contributed by atoms with Gasteiger partial charge in [0.05, 0.1) is 12.6 Å². The Balaban J connectivity index is 1.46. The molecule has 2 aromatic rings. The number of amides is 2. The maximum absolute atomic E-state index is 13.1. The fraction of sp³-hybridized carbons (Fsp3) is 0.211. The molecule has 3 rings (SSSR count). The van der Waals surface area contributed by atoms with Crippen molar-refractivity contribution in [1.29, 1.82) is 0 Å². The molecule has 0 radical (unpaired) electrons. The van der Waals surface area contributed by atoms with Crippen LogP contribution in [0.2, 0.25) is 0 Å². The minimum Gasteiger partial charge on any atom is -0.343 e. The Morgan fingerprint density at radius 2 is 2.00 bits per heavy atom. The van der Waals surface area contributed by atoms with Gasteiger partial charge in [-0.3, -0.25) is 15.0 Å². The van der Waals surface area contributed by atoms with Crippen LogP contribution in [-0.2, 0) is 4.79 Å². The summed E-state index contributed by atoms with van der Waals surface area (Å²) in [5, 5.41) is 6.40. The van der Waals surface area contributed by atoms with E-state index in [2.05, 4.69) is 26.7 Å². The maximum Gasteiger partial charge on any atom is 0.259 e. The number of hydrazone groups is 1. The average molecular weight is 369 g/mol. The second-order valence-corrected chi connectivity index (χ2v) is 6.08. The van der Waals surface area contributed by atoms with Gasteiger partial charge in [-0.05, 0) is 23.8 Å². The van der Waals surface area contributed by atoms with Crippen molar-refractivity contribution in [3.8, 4) is 0 Å². The van der Waals surface area contributed by atoms with Gasteiger partial charge < -0.3 is 5.32 Å². The first-order valence-corrected chi connectivity index (χ1v) is 8.52. The van der Waals surface area contributed by atoms with E-state index in [1.54, 1.807) is 6.21 Å². The van der Waals surface area contributed by atoms with Crippen molar-refractivity contribution in [2.24, 2.45) is 11.0 Å². The molecule has 1 aliphatic heterocycles. The number of benzene rings is 2. The van der Waals surface area contributed by atoms with Crippen molar-refractivity contribution in [3.05, 3.63) is 71.5 Å². The van der Waals surface area contributed by atoms with E-state index in [1.165, 1.54) is 18.2 Å². The van der Waals surface area contributed by atoms with Crippen molar-refractivity contribution in [3.63, 3.8) is 0 Å². The zero-order valence-electron chi connectivity index (χ0n) is 14.5. The van der Waals surface area contributed by atoms with E-state index < -0.39 is 17.6 Å². The lowest BCUT2D eigenvalue weighted by molar-refractivity contribution is -0.120. The van der Waals surface area contributed by atoms with Crippen LogP contribution in [0.5, 0.6) is 0 Å². The first-order valence-electron chi connectivity index (χ1n) is 8.52. The zero-order chi connectivity index (χ0) is 19.1. The zero-order valence-corrected chi connectivity index (χ0v) is 14.5. The van der Waals surface area contributed by atoms with E-state index in [4.69, 9.17) is 0 Å². The van der Waals surface area contributed by atoms with E-state index in [-0.39, 0.29) is 24.1 Å². The van der Waals surface area contributed by atoms with Gasteiger partial charge in [-0.1, -0.05) is 36.4 Å². The van der Waals surface area contributed by atoms with Crippen molar-refractivity contribution >= 4 is 18.0 Å². The number of nitrogens with zero attached hydrogens (tertiary/aromatic N) is 1. The largest absolute Gasteiger partial charge is 0.343 e. The molecule has 140 valence electrons. The molecule has 8 heteroatoms. The summed E-state index contributed by atoms with van der Waals surface area (Å²) in [5.41, 5.74) is 9.92. The van der Waals surface area contributed by atoms with Gasteiger partial charge in [-0.25, -0.2) is 15.2 Å². The molecule has 2 amide bonds. The Morgan fingerprint density at radius 1 is 1.19 bits per heavy atom. The van der Waals surface area contributed by atoms with Crippen molar-refractivity contribution in [1.82, 2.24) is 21.6 Å². The molecular weight excluding hydrogens is 349 g/mol. The van der Waals surface area contributed by atoms with Gasteiger partial charge >= 0.3 is 0 Å². The van der Waals surface area contributed by atoms with Gasteiger partial charge in [-0.15, -0.1) is 0 Å². The van der Waals surface area contributed by atoms with Gasteiger partial charge in [0.1, 0.15) is 5.82 Å². The third-order valence-corrected chi connectivity index (χ3v) is 4.13. The summed E-state index contributed by atoms with van der Waals surface area (Å²) >= 11 is 0. The average Bonchev–Trinajstić information content (AvgIpc) is 3.15. The lowest BCUT2D eigenvalue weighted by Crippen LogP contribution is -2.35. The van der Waals surface area contributed by atoms with E-state index in [1.807, 2.05) is 30.3 Å². The summed E-state index contributed by atoms with van der Waals surface area (Å²) in [6, 6.07) is 15.2. The molecule has 1 fully saturated rings. The molecule has 1 aliphatic rings. The van der Waals surface area contributed by atoms with Crippen LogP contribution in [0.15, 0.2) is 59.7 Å². The molecule has 7 nitrogen and oxygen atoms in total. The monoisotopic (exact) mass is 369 g/mol. The number of hydrazine groups is 1.